The van der Waals surface area contributed by atoms with Gasteiger partial charge in [0.1, 0.15) is 5.78 Å². The first-order valence-electron chi connectivity index (χ1n) is 7.40. The van der Waals surface area contributed by atoms with Gasteiger partial charge in [0.05, 0.1) is 5.41 Å². The summed E-state index contributed by atoms with van der Waals surface area (Å²) < 4.78 is -3.70. The van der Waals surface area contributed by atoms with E-state index >= 15 is 0 Å². The minimum atomic E-state index is -1.94. The van der Waals surface area contributed by atoms with Crippen molar-refractivity contribution >= 4 is 63.8 Å². The molecule has 0 bridgehead atoms. The number of hydrogen-bond donors (Lipinski definition) is 0. The molecule has 0 radical (unpaired) electrons. The van der Waals surface area contributed by atoms with Crippen molar-refractivity contribution < 1.29 is 4.79 Å². The predicted molar refractivity (Wildman–Crippen MR) is 96.1 cm³/mol. The Morgan fingerprint density at radius 1 is 0.952 bits per heavy atom. The smallest absolute Gasteiger partial charge is 0.224 e. The number of carbonyl (C=O) groups excluding carboxylic acids is 1. The van der Waals surface area contributed by atoms with Gasteiger partial charge in [0.2, 0.25) is 3.79 Å². The number of rotatable bonds is 9. The lowest BCUT2D eigenvalue weighted by Crippen LogP contribution is -2.55. The van der Waals surface area contributed by atoms with Crippen LogP contribution in [0.4, 0.5) is 0 Å². The van der Waals surface area contributed by atoms with Crippen LogP contribution >= 0.6 is 58.0 Å². The highest BCUT2D eigenvalue weighted by molar-refractivity contribution is 6.76. The third kappa shape index (κ3) is 5.05. The SMILES string of the molecule is CCCCCCCC(C(C)=O)(C(C)C)C(Cl)(Cl)C(Cl)(Cl)Cl. The molecular weight excluding hydrogens is 373 g/mol. The molecule has 126 valence electrons. The largest absolute Gasteiger partial charge is 0.299 e. The standard InChI is InChI=1S/C15H25Cl5O/c1-5-6-7-8-9-10-13(11(2)3,12(4)21)14(16,17)15(18,19)20/h11H,5-10H2,1-4H3. The van der Waals surface area contributed by atoms with Gasteiger partial charge in [-0.3, -0.25) is 4.79 Å². The molecule has 0 saturated heterocycles. The van der Waals surface area contributed by atoms with Crippen molar-refractivity contribution in [1.82, 2.24) is 0 Å². The average molecular weight is 399 g/mol. The zero-order valence-electron chi connectivity index (χ0n) is 13.1. The molecule has 1 atom stereocenters. The zero-order valence-corrected chi connectivity index (χ0v) is 16.9. The van der Waals surface area contributed by atoms with Crippen molar-refractivity contribution in [2.24, 2.45) is 11.3 Å². The summed E-state index contributed by atoms with van der Waals surface area (Å²) in [5, 5.41) is 0. The number of hydrogen-bond acceptors (Lipinski definition) is 1. The summed E-state index contributed by atoms with van der Waals surface area (Å²) in [6.45, 7) is 7.41. The molecule has 0 amide bonds. The van der Waals surface area contributed by atoms with E-state index in [4.69, 9.17) is 58.0 Å². The van der Waals surface area contributed by atoms with Crippen molar-refractivity contribution in [2.75, 3.05) is 0 Å². The molecule has 0 saturated carbocycles. The molecule has 0 aromatic heterocycles. The Hall–Kier alpha value is 1.12. The molecule has 6 heteroatoms. The van der Waals surface area contributed by atoms with Crippen LogP contribution in [0.25, 0.3) is 0 Å². The predicted octanol–water partition coefficient (Wildman–Crippen LogP) is 7.12. The van der Waals surface area contributed by atoms with Gasteiger partial charge in [0.25, 0.3) is 0 Å². The third-order valence-corrected chi connectivity index (χ3v) is 6.88. The fourth-order valence-corrected chi connectivity index (χ4v) is 4.27. The van der Waals surface area contributed by atoms with E-state index in [1.165, 1.54) is 13.3 Å². The van der Waals surface area contributed by atoms with Gasteiger partial charge in [-0.1, -0.05) is 111 Å². The lowest BCUT2D eigenvalue weighted by molar-refractivity contribution is -0.130. The van der Waals surface area contributed by atoms with E-state index in [-0.39, 0.29) is 11.7 Å². The number of unbranched alkanes of at least 4 members (excludes halogenated alkanes) is 4. The van der Waals surface area contributed by atoms with E-state index in [1.54, 1.807) is 0 Å². The van der Waals surface area contributed by atoms with Gasteiger partial charge in [0.15, 0.2) is 4.33 Å². The van der Waals surface area contributed by atoms with Crippen LogP contribution in [0.15, 0.2) is 0 Å². The second kappa shape index (κ2) is 8.83. The van der Waals surface area contributed by atoms with Crippen LogP contribution in [0.1, 0.15) is 66.2 Å². The van der Waals surface area contributed by atoms with Crippen LogP contribution in [-0.4, -0.2) is 13.9 Å². The maximum Gasteiger partial charge on any atom is 0.224 e. The Morgan fingerprint density at radius 2 is 1.43 bits per heavy atom. The molecule has 0 aromatic carbocycles. The van der Waals surface area contributed by atoms with E-state index in [0.717, 1.165) is 25.7 Å². The van der Waals surface area contributed by atoms with Gasteiger partial charge < -0.3 is 0 Å². The van der Waals surface area contributed by atoms with Crippen LogP contribution in [0.2, 0.25) is 0 Å². The van der Waals surface area contributed by atoms with Crippen molar-refractivity contribution in [3.8, 4) is 0 Å². The number of ketones is 1. The first-order valence-corrected chi connectivity index (χ1v) is 9.29. The Balaban J connectivity index is 5.34. The first-order chi connectivity index (χ1) is 9.45. The van der Waals surface area contributed by atoms with E-state index in [0.29, 0.717) is 6.42 Å². The quantitative estimate of drug-likeness (QED) is 0.298. The summed E-state index contributed by atoms with van der Waals surface area (Å²) >= 11 is 30.8. The van der Waals surface area contributed by atoms with E-state index in [9.17, 15) is 4.79 Å². The molecule has 0 fully saturated rings. The van der Waals surface area contributed by atoms with Crippen LogP contribution in [0.5, 0.6) is 0 Å². The van der Waals surface area contributed by atoms with Gasteiger partial charge in [-0.15, -0.1) is 0 Å². The second-order valence-corrected chi connectivity index (χ2v) is 9.53. The van der Waals surface area contributed by atoms with E-state index in [1.807, 2.05) is 13.8 Å². The monoisotopic (exact) mass is 396 g/mol. The average Bonchev–Trinajstić information content (AvgIpc) is 2.30. The van der Waals surface area contributed by atoms with Crippen LogP contribution in [0, 0.1) is 11.3 Å². The topological polar surface area (TPSA) is 17.1 Å². The minimum absolute atomic E-state index is 0.133. The Morgan fingerprint density at radius 3 is 1.76 bits per heavy atom. The van der Waals surface area contributed by atoms with Gasteiger partial charge in [-0.05, 0) is 19.3 Å². The highest BCUT2D eigenvalue weighted by Gasteiger charge is 2.63. The van der Waals surface area contributed by atoms with E-state index < -0.39 is 13.5 Å². The Bertz CT molecular complexity index is 335. The highest BCUT2D eigenvalue weighted by atomic mass is 35.6. The normalized spacial score (nSPS) is 16.1. The Kier molecular flexibility index (Phi) is 9.30. The van der Waals surface area contributed by atoms with Crippen LogP contribution in [0.3, 0.4) is 0 Å². The molecule has 0 N–H and O–H groups in total. The highest BCUT2D eigenvalue weighted by Crippen LogP contribution is 2.60. The van der Waals surface area contributed by atoms with Crippen molar-refractivity contribution in [3.63, 3.8) is 0 Å². The summed E-state index contributed by atoms with van der Waals surface area (Å²) in [6.07, 6.45) is 5.81. The van der Waals surface area contributed by atoms with Gasteiger partial charge in [-0.2, -0.15) is 0 Å². The maximum atomic E-state index is 12.4. The molecule has 0 aromatic rings. The summed E-state index contributed by atoms with van der Waals surface area (Å²) in [5.41, 5.74) is -1.08. The molecule has 0 rings (SSSR count). The molecule has 0 spiro atoms. The number of Topliss-reactive ketones (excluding diaryl/α,β-unsaturated/α-hetero) is 1. The molecule has 0 aliphatic rings. The van der Waals surface area contributed by atoms with Gasteiger partial charge in [-0.25, -0.2) is 0 Å². The first kappa shape index (κ1) is 22.1. The molecule has 0 aliphatic heterocycles. The fraction of sp³-hybridized carbons (Fsp3) is 0.933. The number of halogens is 5. The van der Waals surface area contributed by atoms with Gasteiger partial charge >= 0.3 is 0 Å². The minimum Gasteiger partial charge on any atom is -0.299 e. The van der Waals surface area contributed by atoms with Crippen LogP contribution < -0.4 is 0 Å². The van der Waals surface area contributed by atoms with Gasteiger partial charge in [0, 0.05) is 0 Å². The summed E-state index contributed by atoms with van der Waals surface area (Å²) in [7, 11) is 0. The van der Waals surface area contributed by atoms with Crippen LogP contribution in [-0.2, 0) is 4.79 Å². The second-order valence-electron chi connectivity index (χ2n) is 5.92. The molecule has 21 heavy (non-hydrogen) atoms. The zero-order chi connectivity index (χ0) is 16.9. The third-order valence-electron chi connectivity index (χ3n) is 4.20. The van der Waals surface area contributed by atoms with E-state index in [2.05, 4.69) is 6.92 Å². The maximum absolute atomic E-state index is 12.4. The fourth-order valence-electron chi connectivity index (χ4n) is 2.87. The van der Waals surface area contributed by atoms with Crippen molar-refractivity contribution in [1.29, 1.82) is 0 Å². The summed E-state index contributed by atoms with van der Waals surface area (Å²) in [6, 6.07) is 0. The number of alkyl halides is 5. The lowest BCUT2D eigenvalue weighted by Gasteiger charge is -2.47. The molecule has 0 heterocycles. The molecule has 1 nitrogen and oxygen atoms in total. The molecular formula is C15H25Cl5O. The molecule has 1 unspecified atom stereocenters. The summed E-state index contributed by atoms with van der Waals surface area (Å²) in [5.74, 6) is -0.267. The molecule has 0 aliphatic carbocycles. The number of carbonyl (C=O) groups is 1. The summed E-state index contributed by atoms with van der Waals surface area (Å²) in [4.78, 5) is 12.4. The van der Waals surface area contributed by atoms with Crippen molar-refractivity contribution in [2.45, 2.75) is 74.3 Å². The van der Waals surface area contributed by atoms with Crippen molar-refractivity contribution in [3.05, 3.63) is 0 Å². The Labute approximate surface area is 154 Å². The lowest BCUT2D eigenvalue weighted by atomic mass is 9.67.